The first-order valence-corrected chi connectivity index (χ1v) is 5.63. The second kappa shape index (κ2) is 5.62. The Hall–Kier alpha value is -1.91. The number of carboxylic acid groups (broad SMARTS) is 1. The fraction of sp³-hybridized carbons (Fsp3) is 0.385. The minimum Gasteiger partial charge on any atom is -0.480 e. The maximum absolute atomic E-state index is 13.3. The minimum absolute atomic E-state index is 0.155. The fourth-order valence-electron chi connectivity index (χ4n) is 1.59. The Morgan fingerprint density at radius 3 is 2.44 bits per heavy atom. The van der Waals surface area contributed by atoms with Crippen molar-refractivity contribution in [1.29, 1.82) is 0 Å². The van der Waals surface area contributed by atoms with Gasteiger partial charge in [-0.3, -0.25) is 4.79 Å². The number of rotatable bonds is 4. The van der Waals surface area contributed by atoms with Crippen LogP contribution in [0.3, 0.4) is 0 Å². The molecule has 98 valence electrons. The Labute approximate surface area is 105 Å². The highest BCUT2D eigenvalue weighted by molar-refractivity contribution is 5.97. The minimum atomic E-state index is -1.10. The van der Waals surface area contributed by atoms with Crippen LogP contribution in [0.1, 0.15) is 29.8 Å². The third-order valence-corrected chi connectivity index (χ3v) is 2.73. The second-order valence-corrected chi connectivity index (χ2v) is 4.45. The number of carboxylic acids is 1. The number of benzene rings is 1. The lowest BCUT2D eigenvalue weighted by Crippen LogP contribution is -2.44. The van der Waals surface area contributed by atoms with Gasteiger partial charge in [-0.25, -0.2) is 9.18 Å². The summed E-state index contributed by atoms with van der Waals surface area (Å²) in [7, 11) is 0. The van der Waals surface area contributed by atoms with Crippen LogP contribution in [0.25, 0.3) is 0 Å². The molecule has 1 aromatic carbocycles. The van der Waals surface area contributed by atoms with Gasteiger partial charge in [0.1, 0.15) is 11.9 Å². The van der Waals surface area contributed by atoms with Gasteiger partial charge in [0.05, 0.1) is 0 Å². The maximum atomic E-state index is 13.3. The maximum Gasteiger partial charge on any atom is 0.326 e. The van der Waals surface area contributed by atoms with E-state index in [-0.39, 0.29) is 17.0 Å². The van der Waals surface area contributed by atoms with Gasteiger partial charge in [0, 0.05) is 5.56 Å². The molecule has 0 heterocycles. The van der Waals surface area contributed by atoms with Gasteiger partial charge < -0.3 is 10.4 Å². The lowest BCUT2D eigenvalue weighted by Gasteiger charge is -2.18. The van der Waals surface area contributed by atoms with E-state index in [0.29, 0.717) is 0 Å². The Morgan fingerprint density at radius 1 is 1.33 bits per heavy atom. The molecule has 1 amide bonds. The SMILES string of the molecule is Cc1c(F)cccc1C(=O)NC(C(=O)O)C(C)C. The Balaban J connectivity index is 2.94. The first kappa shape index (κ1) is 14.2. The Morgan fingerprint density at radius 2 is 1.94 bits per heavy atom. The van der Waals surface area contributed by atoms with Gasteiger partial charge in [0.15, 0.2) is 0 Å². The van der Waals surface area contributed by atoms with Crippen LogP contribution in [0, 0.1) is 18.7 Å². The summed E-state index contributed by atoms with van der Waals surface area (Å²) in [5.41, 5.74) is 0.366. The predicted molar refractivity (Wildman–Crippen MR) is 64.9 cm³/mol. The van der Waals surface area contributed by atoms with Crippen LogP contribution in [-0.2, 0) is 4.79 Å². The van der Waals surface area contributed by atoms with Gasteiger partial charge in [0.25, 0.3) is 5.91 Å². The monoisotopic (exact) mass is 253 g/mol. The van der Waals surface area contributed by atoms with Gasteiger partial charge in [-0.15, -0.1) is 0 Å². The third-order valence-electron chi connectivity index (χ3n) is 2.73. The number of halogens is 1. The van der Waals surface area contributed by atoms with E-state index in [4.69, 9.17) is 5.11 Å². The van der Waals surface area contributed by atoms with E-state index in [1.54, 1.807) is 13.8 Å². The normalized spacial score (nSPS) is 12.3. The van der Waals surface area contributed by atoms with Crippen molar-refractivity contribution < 1.29 is 19.1 Å². The van der Waals surface area contributed by atoms with E-state index < -0.39 is 23.7 Å². The zero-order valence-electron chi connectivity index (χ0n) is 10.5. The molecular weight excluding hydrogens is 237 g/mol. The van der Waals surface area contributed by atoms with Crippen molar-refractivity contribution in [1.82, 2.24) is 5.32 Å². The predicted octanol–water partition coefficient (Wildman–Crippen LogP) is 1.97. The van der Waals surface area contributed by atoms with Crippen molar-refractivity contribution in [3.8, 4) is 0 Å². The van der Waals surface area contributed by atoms with E-state index in [0.717, 1.165) is 0 Å². The summed E-state index contributed by atoms with van der Waals surface area (Å²) in [4.78, 5) is 22.9. The van der Waals surface area contributed by atoms with Gasteiger partial charge in [0.2, 0.25) is 0 Å². The number of nitrogens with one attached hydrogen (secondary N) is 1. The second-order valence-electron chi connectivity index (χ2n) is 4.45. The fourth-order valence-corrected chi connectivity index (χ4v) is 1.59. The van der Waals surface area contributed by atoms with E-state index in [9.17, 15) is 14.0 Å². The molecule has 0 aliphatic rings. The smallest absolute Gasteiger partial charge is 0.326 e. The first-order valence-electron chi connectivity index (χ1n) is 5.63. The van der Waals surface area contributed by atoms with E-state index in [2.05, 4.69) is 5.32 Å². The molecule has 0 bridgehead atoms. The van der Waals surface area contributed by atoms with Crippen LogP contribution in [-0.4, -0.2) is 23.0 Å². The molecule has 2 N–H and O–H groups in total. The molecule has 0 fully saturated rings. The number of carbonyl (C=O) groups is 2. The number of hydrogen-bond donors (Lipinski definition) is 2. The van der Waals surface area contributed by atoms with Gasteiger partial charge in [-0.2, -0.15) is 0 Å². The summed E-state index contributed by atoms with van der Waals surface area (Å²) in [6, 6.07) is 3.15. The summed E-state index contributed by atoms with van der Waals surface area (Å²) < 4.78 is 13.3. The molecule has 1 aromatic rings. The zero-order valence-corrected chi connectivity index (χ0v) is 10.5. The molecule has 0 saturated carbocycles. The molecule has 1 atom stereocenters. The van der Waals surface area contributed by atoms with E-state index in [1.165, 1.54) is 25.1 Å². The van der Waals surface area contributed by atoms with Gasteiger partial charge >= 0.3 is 5.97 Å². The summed E-state index contributed by atoms with van der Waals surface area (Å²) in [5.74, 6) is -2.42. The molecule has 1 unspecified atom stereocenters. The standard InChI is InChI=1S/C13H16FNO3/c1-7(2)11(13(17)18)15-12(16)9-5-4-6-10(14)8(9)3/h4-7,11H,1-3H3,(H,15,16)(H,17,18). The summed E-state index contributed by atoms with van der Waals surface area (Å²) >= 11 is 0. The van der Waals surface area contributed by atoms with Crippen molar-refractivity contribution in [3.05, 3.63) is 35.1 Å². The van der Waals surface area contributed by atoms with Gasteiger partial charge in [-0.1, -0.05) is 19.9 Å². The van der Waals surface area contributed by atoms with Crippen LogP contribution in [0.4, 0.5) is 4.39 Å². The molecular formula is C13H16FNO3. The van der Waals surface area contributed by atoms with Crippen LogP contribution < -0.4 is 5.32 Å². The topological polar surface area (TPSA) is 66.4 Å². The van der Waals surface area contributed by atoms with Crippen LogP contribution in [0.5, 0.6) is 0 Å². The molecule has 18 heavy (non-hydrogen) atoms. The summed E-state index contributed by atoms with van der Waals surface area (Å²) in [6.45, 7) is 4.87. The van der Waals surface area contributed by atoms with Crippen LogP contribution in [0.15, 0.2) is 18.2 Å². The molecule has 0 aliphatic carbocycles. The molecule has 0 saturated heterocycles. The van der Waals surface area contributed by atoms with Gasteiger partial charge in [-0.05, 0) is 30.5 Å². The van der Waals surface area contributed by atoms with E-state index in [1.807, 2.05) is 0 Å². The quantitative estimate of drug-likeness (QED) is 0.862. The van der Waals surface area contributed by atoms with Crippen molar-refractivity contribution in [2.75, 3.05) is 0 Å². The Kier molecular flexibility index (Phi) is 4.42. The first-order chi connectivity index (χ1) is 8.34. The number of carbonyl (C=O) groups excluding carboxylic acids is 1. The molecule has 1 rings (SSSR count). The number of hydrogen-bond acceptors (Lipinski definition) is 2. The summed E-state index contributed by atoms with van der Waals surface area (Å²) in [5, 5.41) is 11.4. The van der Waals surface area contributed by atoms with Crippen molar-refractivity contribution >= 4 is 11.9 Å². The lowest BCUT2D eigenvalue weighted by molar-refractivity contribution is -0.140. The molecule has 5 heteroatoms. The average Bonchev–Trinajstić information content (AvgIpc) is 2.28. The highest BCUT2D eigenvalue weighted by Gasteiger charge is 2.24. The van der Waals surface area contributed by atoms with Crippen molar-refractivity contribution in [2.45, 2.75) is 26.8 Å². The van der Waals surface area contributed by atoms with E-state index >= 15 is 0 Å². The Bertz CT molecular complexity index is 471. The molecule has 0 radical (unpaired) electrons. The highest BCUT2D eigenvalue weighted by atomic mass is 19.1. The van der Waals surface area contributed by atoms with Crippen molar-refractivity contribution in [2.24, 2.45) is 5.92 Å². The van der Waals surface area contributed by atoms with Crippen molar-refractivity contribution in [3.63, 3.8) is 0 Å². The number of aliphatic carboxylic acids is 1. The lowest BCUT2D eigenvalue weighted by atomic mass is 10.0. The molecule has 4 nitrogen and oxygen atoms in total. The highest BCUT2D eigenvalue weighted by Crippen LogP contribution is 2.13. The molecule has 0 aliphatic heterocycles. The average molecular weight is 253 g/mol. The summed E-state index contributed by atoms with van der Waals surface area (Å²) in [6.07, 6.45) is 0. The van der Waals surface area contributed by atoms with Crippen LogP contribution >= 0.6 is 0 Å². The largest absolute Gasteiger partial charge is 0.480 e. The van der Waals surface area contributed by atoms with Crippen LogP contribution in [0.2, 0.25) is 0 Å². The molecule has 0 aromatic heterocycles. The molecule has 0 spiro atoms. The number of amides is 1. The zero-order chi connectivity index (χ0) is 13.9. The third kappa shape index (κ3) is 3.06.